The van der Waals surface area contributed by atoms with Gasteiger partial charge in [0.05, 0.1) is 17.8 Å². The molecule has 2 fully saturated rings. The number of carbonyl (C=O) groups excluding carboxylic acids is 2. The smallest absolute Gasteiger partial charge is 0.236 e. The van der Waals surface area contributed by atoms with Crippen LogP contribution < -0.4 is 35.5 Å². The Labute approximate surface area is 323 Å². The molecule has 7 rings (SSSR count). The van der Waals surface area contributed by atoms with Crippen molar-refractivity contribution in [3.8, 4) is 46.1 Å². The van der Waals surface area contributed by atoms with Crippen molar-refractivity contribution in [2.75, 3.05) is 26.8 Å². The predicted octanol–water partition coefficient (Wildman–Crippen LogP) is 5.83. The summed E-state index contributed by atoms with van der Waals surface area (Å²) in [7, 11) is 1.57. The van der Waals surface area contributed by atoms with Crippen molar-refractivity contribution >= 4 is 35.0 Å². The normalized spacial score (nSPS) is 18.9. The number of hydrogen-bond acceptors (Lipinski definition) is 10. The van der Waals surface area contributed by atoms with E-state index < -0.39 is 0 Å². The third-order valence-electron chi connectivity index (χ3n) is 10.0. The van der Waals surface area contributed by atoms with Crippen molar-refractivity contribution < 1.29 is 23.8 Å². The van der Waals surface area contributed by atoms with Gasteiger partial charge in [-0.15, -0.1) is 0 Å². The Morgan fingerprint density at radius 2 is 1.50 bits per heavy atom. The van der Waals surface area contributed by atoms with Crippen LogP contribution in [-0.4, -0.2) is 60.7 Å². The fourth-order valence-corrected chi connectivity index (χ4v) is 7.89. The molecule has 2 aromatic carbocycles. The first-order chi connectivity index (χ1) is 26.3. The molecule has 2 aromatic heterocycles. The summed E-state index contributed by atoms with van der Waals surface area (Å²) >= 11 is 13.9. The molecule has 4 N–H and O–H groups in total. The molecule has 2 amide bonds. The number of aromatic nitrogens is 2. The molecule has 54 heavy (non-hydrogen) atoms. The van der Waals surface area contributed by atoms with E-state index in [1.807, 2.05) is 48.5 Å². The zero-order valence-electron chi connectivity index (χ0n) is 29.8. The third kappa shape index (κ3) is 8.40. The van der Waals surface area contributed by atoms with Gasteiger partial charge in [-0.05, 0) is 54.5 Å². The van der Waals surface area contributed by atoms with Gasteiger partial charge in [0.25, 0.3) is 0 Å². The molecule has 280 valence electrons. The van der Waals surface area contributed by atoms with Crippen molar-refractivity contribution in [1.29, 1.82) is 5.26 Å². The number of ether oxygens (including phenoxy) is 3. The van der Waals surface area contributed by atoms with E-state index in [0.29, 0.717) is 72.4 Å². The van der Waals surface area contributed by atoms with E-state index in [-0.39, 0.29) is 36.6 Å². The summed E-state index contributed by atoms with van der Waals surface area (Å²) < 4.78 is 17.8. The van der Waals surface area contributed by atoms with Crippen LogP contribution in [0, 0.1) is 11.3 Å². The Morgan fingerprint density at radius 3 is 2.19 bits per heavy atom. The van der Waals surface area contributed by atoms with Crippen molar-refractivity contribution in [3.63, 3.8) is 0 Å². The largest absolute Gasteiger partial charge is 0.481 e. The highest BCUT2D eigenvalue weighted by Crippen LogP contribution is 2.44. The maximum Gasteiger partial charge on any atom is 0.236 e. The summed E-state index contributed by atoms with van der Waals surface area (Å²) in [5, 5.41) is 22.8. The molecule has 12 nitrogen and oxygen atoms in total. The summed E-state index contributed by atoms with van der Waals surface area (Å²) in [6.45, 7) is 2.06. The molecule has 4 aromatic rings. The molecule has 3 atom stereocenters. The van der Waals surface area contributed by atoms with Crippen LogP contribution in [0.3, 0.4) is 0 Å². The number of methoxy groups -OCH3 is 1. The zero-order chi connectivity index (χ0) is 37.6. The number of fused-ring (bicyclic) bond motifs is 1. The maximum absolute atomic E-state index is 11.6. The summed E-state index contributed by atoms with van der Waals surface area (Å²) in [5.41, 5.74) is 6.98. The lowest BCUT2D eigenvalue weighted by Gasteiger charge is -2.18. The lowest BCUT2D eigenvalue weighted by atomic mass is 9.94. The van der Waals surface area contributed by atoms with Gasteiger partial charge in [-0.2, -0.15) is 10.2 Å². The van der Waals surface area contributed by atoms with Crippen molar-refractivity contribution in [3.05, 3.63) is 86.9 Å². The minimum absolute atomic E-state index is 0.0711. The van der Waals surface area contributed by atoms with Crippen LogP contribution in [0.5, 0.6) is 17.6 Å². The van der Waals surface area contributed by atoms with Gasteiger partial charge in [-0.3, -0.25) is 9.59 Å². The van der Waals surface area contributed by atoms with E-state index in [4.69, 9.17) is 42.4 Å². The molecular formula is C40H41Cl2N7O5. The monoisotopic (exact) mass is 769 g/mol. The Morgan fingerprint density at radius 1 is 0.815 bits per heavy atom. The molecule has 0 unspecified atom stereocenters. The Kier molecular flexibility index (Phi) is 11.8. The fraction of sp³-hybridized carbons (Fsp3) is 0.375. The number of nitrogens with zero attached hydrogens (tertiary/aromatic N) is 3. The Hall–Kier alpha value is -4.93. The van der Waals surface area contributed by atoms with Crippen LogP contribution in [-0.2, 0) is 29.1 Å². The fourth-order valence-electron chi connectivity index (χ4n) is 7.35. The van der Waals surface area contributed by atoms with Crippen LogP contribution in [0.1, 0.15) is 60.5 Å². The summed E-state index contributed by atoms with van der Waals surface area (Å²) in [4.78, 5) is 32.5. The van der Waals surface area contributed by atoms with Crippen LogP contribution in [0.15, 0.2) is 54.6 Å². The Bertz CT molecular complexity index is 2090. The number of rotatable bonds is 15. The molecular weight excluding hydrogens is 729 g/mol. The lowest BCUT2D eigenvalue weighted by molar-refractivity contribution is -0.120. The number of nitriles is 1. The Balaban J connectivity index is 1.08. The van der Waals surface area contributed by atoms with Gasteiger partial charge < -0.3 is 35.5 Å². The molecule has 4 heterocycles. The van der Waals surface area contributed by atoms with Crippen LogP contribution >= 0.6 is 23.2 Å². The first-order valence-corrected chi connectivity index (χ1v) is 18.9. The molecule has 2 aliphatic heterocycles. The van der Waals surface area contributed by atoms with E-state index in [9.17, 15) is 14.9 Å². The van der Waals surface area contributed by atoms with E-state index in [1.54, 1.807) is 7.11 Å². The molecule has 1 aliphatic carbocycles. The second-order valence-electron chi connectivity index (χ2n) is 13.6. The predicted molar refractivity (Wildman–Crippen MR) is 204 cm³/mol. The summed E-state index contributed by atoms with van der Waals surface area (Å²) in [6.07, 6.45) is 3.92. The van der Waals surface area contributed by atoms with Crippen molar-refractivity contribution in [2.45, 2.75) is 69.8 Å². The quantitative estimate of drug-likeness (QED) is 0.116. The highest BCUT2D eigenvalue weighted by molar-refractivity contribution is 6.36. The minimum Gasteiger partial charge on any atom is -0.481 e. The number of carbonyl (C=O) groups is 2. The third-order valence-corrected chi connectivity index (χ3v) is 10.7. The van der Waals surface area contributed by atoms with Gasteiger partial charge in [0.2, 0.25) is 29.5 Å². The second-order valence-corrected chi connectivity index (χ2v) is 14.4. The minimum atomic E-state index is -0.279. The maximum atomic E-state index is 11.6. The summed E-state index contributed by atoms with van der Waals surface area (Å²) in [6, 6.07) is 19.9. The van der Waals surface area contributed by atoms with Crippen LogP contribution in [0.4, 0.5) is 0 Å². The van der Waals surface area contributed by atoms with Gasteiger partial charge in [0, 0.05) is 73.4 Å². The highest BCUT2D eigenvalue weighted by atomic mass is 35.5. The van der Waals surface area contributed by atoms with E-state index in [2.05, 4.69) is 38.4 Å². The molecule has 3 aliphatic rings. The van der Waals surface area contributed by atoms with Gasteiger partial charge >= 0.3 is 0 Å². The molecule has 0 spiro atoms. The highest BCUT2D eigenvalue weighted by Gasteiger charge is 2.29. The van der Waals surface area contributed by atoms with Gasteiger partial charge in [-0.1, -0.05) is 65.7 Å². The number of benzene rings is 2. The first kappa shape index (κ1) is 37.4. The van der Waals surface area contributed by atoms with Gasteiger partial charge in [0.15, 0.2) is 6.61 Å². The number of hydrogen-bond donors (Lipinski definition) is 4. The van der Waals surface area contributed by atoms with Crippen molar-refractivity contribution in [2.24, 2.45) is 0 Å². The van der Waals surface area contributed by atoms with Crippen LogP contribution in [0.25, 0.3) is 22.4 Å². The molecule has 0 saturated carbocycles. The van der Waals surface area contributed by atoms with E-state index >= 15 is 0 Å². The average Bonchev–Trinajstić information content (AvgIpc) is 3.91. The second kappa shape index (κ2) is 17.0. The number of pyridine rings is 2. The topological polar surface area (TPSA) is 160 Å². The first-order valence-electron chi connectivity index (χ1n) is 18.1. The molecule has 0 bridgehead atoms. The number of amides is 2. The summed E-state index contributed by atoms with van der Waals surface area (Å²) in [5.74, 6) is 1.23. The van der Waals surface area contributed by atoms with Gasteiger partial charge in [-0.25, -0.2) is 4.98 Å². The standard InChI is InChI=1S/C40H41Cl2N7O5/c1-52-38-24(20-45-22-26-10-15-36(51)47-26)18-32(41)40(49-38)54-34-13-11-28-27(4-2-5-29(28)34)30-6-3-7-31(37(30)42)33-12-8-23(39(48-33)53-17-16-43)19-44-21-25-9-14-35(50)46-25/h2-8,12,18,25-26,34,44-45H,9-11,13-15,17,19-22H2,1H3,(H,46,50)(H,47,51)/t25-,26-,34-/m0/s1. The van der Waals surface area contributed by atoms with Gasteiger partial charge in [0.1, 0.15) is 17.2 Å². The molecule has 0 radical (unpaired) electrons. The zero-order valence-corrected chi connectivity index (χ0v) is 31.4. The average molecular weight is 771 g/mol. The van der Waals surface area contributed by atoms with Crippen molar-refractivity contribution in [1.82, 2.24) is 31.2 Å². The molecule has 14 heteroatoms. The number of halogens is 2. The SMILES string of the molecule is COc1nc(O[C@H]2CCc3c(-c4cccc(-c5ccc(CNC[C@@H]6CCC(=O)N6)c(OCC#N)n5)c4Cl)cccc32)c(Cl)cc1CNC[C@@H]1CCC(=O)N1. The molecule has 2 saturated heterocycles. The van der Waals surface area contributed by atoms with E-state index in [0.717, 1.165) is 64.6 Å². The van der Waals surface area contributed by atoms with E-state index in [1.165, 1.54) is 0 Å². The lowest BCUT2D eigenvalue weighted by Crippen LogP contribution is -2.35. The van der Waals surface area contributed by atoms with Crippen LogP contribution in [0.2, 0.25) is 10.0 Å². The number of nitrogens with one attached hydrogen (secondary N) is 4.